The number of rotatable bonds is 9. The molecule has 34 heavy (non-hydrogen) atoms. The smallest absolute Gasteiger partial charge is 0.443 e. The van der Waals surface area contributed by atoms with Crippen LogP contribution in [0.1, 0.15) is 0 Å². The zero-order valence-electron chi connectivity index (χ0n) is 16.5. The maximum Gasteiger partial charge on any atom is 0.524 e. The Hall–Kier alpha value is -4.59. The van der Waals surface area contributed by atoms with Gasteiger partial charge in [-0.3, -0.25) is 40.1 Å². The van der Waals surface area contributed by atoms with E-state index in [-0.39, 0.29) is 0 Å². The molecule has 0 heterocycles. The zero-order valence-corrected chi connectivity index (χ0v) is 17.4. The summed E-state index contributed by atoms with van der Waals surface area (Å²) in [7, 11) is -5.27. The van der Waals surface area contributed by atoms with Crippen molar-refractivity contribution in [1.82, 2.24) is 0 Å². The van der Waals surface area contributed by atoms with Crippen molar-refractivity contribution in [1.29, 1.82) is 0 Å². The molecule has 3 rings (SSSR count). The highest BCUT2D eigenvalue weighted by Gasteiger charge is 2.33. The number of hydrogen-bond donors (Lipinski definition) is 2. The molecule has 0 unspecified atom stereocenters. The van der Waals surface area contributed by atoms with Crippen LogP contribution in [0.15, 0.2) is 60.7 Å². The number of nitro groups is 3. The molecule has 15 nitrogen and oxygen atoms in total. The van der Waals surface area contributed by atoms with Crippen molar-refractivity contribution in [2.24, 2.45) is 0 Å². The molecule has 2 N–H and O–H groups in total. The fraction of sp³-hybridized carbons (Fsp3) is 0. The Kier molecular flexibility index (Phi) is 6.72. The van der Waals surface area contributed by atoms with Gasteiger partial charge in [0.15, 0.2) is 5.75 Å². The van der Waals surface area contributed by atoms with Crippen LogP contribution in [0, 0.1) is 30.3 Å². The van der Waals surface area contributed by atoms with E-state index in [1.54, 1.807) is 0 Å². The summed E-state index contributed by atoms with van der Waals surface area (Å²) < 4.78 is 26.5. The highest BCUT2D eigenvalue weighted by molar-refractivity contribution is 7.46. The molecule has 3 aromatic rings. The van der Waals surface area contributed by atoms with E-state index in [2.05, 4.69) is 4.52 Å². The van der Waals surface area contributed by atoms with Crippen LogP contribution in [-0.2, 0) is 4.57 Å². The summed E-state index contributed by atoms with van der Waals surface area (Å²) in [4.78, 5) is 50.1. The minimum atomic E-state index is -5.27. The van der Waals surface area contributed by atoms with Crippen LogP contribution in [0.2, 0.25) is 0 Å². The summed E-state index contributed by atoms with van der Waals surface area (Å²) >= 11 is 0. The first kappa shape index (κ1) is 24.1. The van der Waals surface area contributed by atoms with Crippen LogP contribution >= 0.6 is 7.82 Å². The highest BCUT2D eigenvalue weighted by atomic mass is 31.2. The van der Waals surface area contributed by atoms with Crippen molar-refractivity contribution in [2.45, 2.75) is 0 Å². The first-order valence-corrected chi connectivity index (χ1v) is 10.4. The zero-order chi connectivity index (χ0) is 25.0. The molecular weight excluding hydrogens is 481 g/mol. The Bertz CT molecular complexity index is 1340. The lowest BCUT2D eigenvalue weighted by Crippen LogP contribution is -2.02. The molecule has 0 atom stereocenters. The Morgan fingerprint density at radius 3 is 1.59 bits per heavy atom. The van der Waals surface area contributed by atoms with E-state index < -0.39 is 68.4 Å². The topological polar surface area (TPSA) is 215 Å². The van der Waals surface area contributed by atoms with Gasteiger partial charge < -0.3 is 14.0 Å². The Morgan fingerprint density at radius 2 is 1.12 bits per heavy atom. The number of nitro benzene ring substituents is 3. The fourth-order valence-electron chi connectivity index (χ4n) is 2.71. The minimum Gasteiger partial charge on any atom is -0.443 e. The molecule has 0 radical (unpaired) electrons. The van der Waals surface area contributed by atoms with Gasteiger partial charge in [-0.1, -0.05) is 24.3 Å². The molecular formula is C18H12N3O12P. The van der Waals surface area contributed by atoms with E-state index >= 15 is 0 Å². The van der Waals surface area contributed by atoms with E-state index in [1.165, 1.54) is 24.3 Å². The van der Waals surface area contributed by atoms with Crippen molar-refractivity contribution in [2.75, 3.05) is 0 Å². The number of ether oxygens (including phenoxy) is 2. The predicted octanol–water partition coefficient (Wildman–Crippen LogP) is 4.47. The second kappa shape index (κ2) is 9.50. The number of benzene rings is 3. The van der Waals surface area contributed by atoms with E-state index in [0.29, 0.717) is 0 Å². The normalized spacial score (nSPS) is 10.9. The van der Waals surface area contributed by atoms with Crippen molar-refractivity contribution in [3.63, 3.8) is 0 Å². The minimum absolute atomic E-state index is 0.393. The van der Waals surface area contributed by atoms with Crippen molar-refractivity contribution in [3.05, 3.63) is 91.0 Å². The van der Waals surface area contributed by atoms with E-state index in [4.69, 9.17) is 9.47 Å². The number of hydrogen-bond acceptors (Lipinski definition) is 10. The average Bonchev–Trinajstić information content (AvgIpc) is 2.75. The Labute approximate surface area is 188 Å². The van der Waals surface area contributed by atoms with Crippen molar-refractivity contribution < 1.29 is 43.1 Å². The molecule has 16 heteroatoms. The van der Waals surface area contributed by atoms with Gasteiger partial charge >= 0.3 is 24.9 Å². The van der Waals surface area contributed by atoms with Gasteiger partial charge in [-0.15, -0.1) is 0 Å². The molecule has 0 bridgehead atoms. The third kappa shape index (κ3) is 5.42. The number of phosphoric ester groups is 1. The van der Waals surface area contributed by atoms with Crippen LogP contribution in [0.3, 0.4) is 0 Å². The summed E-state index contributed by atoms with van der Waals surface area (Å²) in [5.41, 5.74) is -2.22. The molecule has 0 aliphatic rings. The van der Waals surface area contributed by atoms with Gasteiger partial charge in [0.05, 0.1) is 14.8 Å². The van der Waals surface area contributed by atoms with Gasteiger partial charge in [0, 0.05) is 12.1 Å². The summed E-state index contributed by atoms with van der Waals surface area (Å²) in [6.45, 7) is 0. The SMILES string of the molecule is O=[N+]([O-])c1ccccc1Oc1ccc(OP(=O)(O)O)c(Oc2ccccc2[N+](=O)[O-])c1[N+](=O)[O-]. The molecule has 0 aliphatic heterocycles. The number of para-hydroxylation sites is 4. The molecule has 0 saturated heterocycles. The van der Waals surface area contributed by atoms with Crippen LogP contribution in [0.5, 0.6) is 28.7 Å². The van der Waals surface area contributed by atoms with Gasteiger partial charge in [-0.25, -0.2) is 4.57 Å². The summed E-state index contributed by atoms with van der Waals surface area (Å²) in [5.74, 6) is -3.33. The molecule has 176 valence electrons. The van der Waals surface area contributed by atoms with E-state index in [9.17, 15) is 44.7 Å². The average molecular weight is 493 g/mol. The number of phosphoric acid groups is 1. The van der Waals surface area contributed by atoms with Gasteiger partial charge in [-0.05, 0) is 24.3 Å². The third-order valence-corrected chi connectivity index (χ3v) is 4.45. The van der Waals surface area contributed by atoms with Gasteiger partial charge in [0.1, 0.15) is 0 Å². The van der Waals surface area contributed by atoms with E-state index in [1.807, 2.05) is 0 Å². The maximum atomic E-state index is 11.9. The van der Waals surface area contributed by atoms with Gasteiger partial charge in [0.25, 0.3) is 5.75 Å². The van der Waals surface area contributed by atoms with Crippen LogP contribution in [-0.4, -0.2) is 24.6 Å². The molecule has 0 aromatic heterocycles. The molecule has 0 aliphatic carbocycles. The predicted molar refractivity (Wildman–Crippen MR) is 112 cm³/mol. The maximum absolute atomic E-state index is 11.9. The van der Waals surface area contributed by atoms with Gasteiger partial charge in [-0.2, -0.15) is 0 Å². The van der Waals surface area contributed by atoms with Crippen LogP contribution in [0.4, 0.5) is 17.1 Å². The third-order valence-electron chi connectivity index (χ3n) is 4.01. The second-order valence-corrected chi connectivity index (χ2v) is 7.40. The lowest BCUT2D eigenvalue weighted by molar-refractivity contribution is -0.388. The quantitative estimate of drug-likeness (QED) is 0.240. The summed E-state index contributed by atoms with van der Waals surface area (Å²) in [5, 5.41) is 34.5. The van der Waals surface area contributed by atoms with Crippen LogP contribution in [0.25, 0.3) is 0 Å². The molecule has 0 amide bonds. The summed E-state index contributed by atoms with van der Waals surface area (Å²) in [6, 6.07) is 11.3. The fourth-order valence-corrected chi connectivity index (χ4v) is 3.11. The lowest BCUT2D eigenvalue weighted by atomic mass is 10.2. The van der Waals surface area contributed by atoms with E-state index in [0.717, 1.165) is 36.4 Å². The van der Waals surface area contributed by atoms with Crippen molar-refractivity contribution in [3.8, 4) is 28.7 Å². The summed E-state index contributed by atoms with van der Waals surface area (Å²) in [6.07, 6.45) is 0. The van der Waals surface area contributed by atoms with Crippen LogP contribution < -0.4 is 14.0 Å². The molecule has 0 saturated carbocycles. The second-order valence-electron chi connectivity index (χ2n) is 6.23. The molecule has 0 spiro atoms. The largest absolute Gasteiger partial charge is 0.524 e. The molecule has 3 aromatic carbocycles. The van der Waals surface area contributed by atoms with Gasteiger partial charge in [0.2, 0.25) is 17.2 Å². The first-order valence-electron chi connectivity index (χ1n) is 8.87. The monoisotopic (exact) mass is 493 g/mol. The Balaban J connectivity index is 2.23. The first-order chi connectivity index (χ1) is 16.0. The van der Waals surface area contributed by atoms with Crippen molar-refractivity contribution >= 4 is 24.9 Å². The highest BCUT2D eigenvalue weighted by Crippen LogP contribution is 2.52. The lowest BCUT2D eigenvalue weighted by Gasteiger charge is -2.15. The standard InChI is InChI=1S/C18H12N3O12P/c22-19(23)11-5-1-3-7-13(11)31-15-9-10-16(33-34(28,29)30)18(17(15)21(26)27)32-14-8-4-2-6-12(14)20(24)25/h1-10H,(H2,28,29,30). The molecule has 0 fully saturated rings. The Morgan fingerprint density at radius 1 is 0.647 bits per heavy atom. The number of nitrogens with zero attached hydrogens (tertiary/aromatic N) is 3.